The van der Waals surface area contributed by atoms with E-state index in [4.69, 9.17) is 0 Å². The van der Waals surface area contributed by atoms with Gasteiger partial charge in [-0.25, -0.2) is 8.42 Å². The summed E-state index contributed by atoms with van der Waals surface area (Å²) in [7, 11) is -2.11. The van der Waals surface area contributed by atoms with Crippen LogP contribution in [0.15, 0.2) is 0 Å². The van der Waals surface area contributed by atoms with Crippen molar-refractivity contribution in [3.8, 4) is 0 Å². The zero-order valence-corrected chi connectivity index (χ0v) is 10.3. The SMILES string of the molecule is COC(=O)CC1(CS(=O)(=O)CC(C)=O)CC1. The summed E-state index contributed by atoms with van der Waals surface area (Å²) in [6.45, 7) is 1.25. The fraction of sp³-hybridized carbons (Fsp3) is 0.800. The zero-order chi connectivity index (χ0) is 12.4. The largest absolute Gasteiger partial charge is 0.469 e. The standard InChI is InChI=1S/C10H16O5S/c1-8(11)6-16(13,14)7-10(3-4-10)5-9(12)15-2/h3-7H2,1-2H3. The summed E-state index contributed by atoms with van der Waals surface area (Å²) in [5, 5.41) is 0. The number of hydrogen-bond acceptors (Lipinski definition) is 5. The van der Waals surface area contributed by atoms with Gasteiger partial charge in [0.15, 0.2) is 9.84 Å². The maximum absolute atomic E-state index is 11.6. The van der Waals surface area contributed by atoms with E-state index in [1.165, 1.54) is 14.0 Å². The van der Waals surface area contributed by atoms with E-state index in [0.717, 1.165) is 0 Å². The lowest BCUT2D eigenvalue weighted by atomic mass is 10.1. The quantitative estimate of drug-likeness (QED) is 0.633. The highest BCUT2D eigenvalue weighted by Gasteiger charge is 2.47. The molecule has 6 heteroatoms. The second kappa shape index (κ2) is 4.53. The van der Waals surface area contributed by atoms with Crippen LogP contribution in [0.1, 0.15) is 26.2 Å². The Bertz CT molecular complexity index is 391. The first kappa shape index (κ1) is 13.2. The second-order valence-corrected chi connectivity index (χ2v) is 6.55. The van der Waals surface area contributed by atoms with Gasteiger partial charge < -0.3 is 4.74 Å². The number of methoxy groups -OCH3 is 1. The highest BCUT2D eigenvalue weighted by Crippen LogP contribution is 2.50. The third kappa shape index (κ3) is 3.92. The number of sulfone groups is 1. The van der Waals surface area contributed by atoms with Crippen molar-refractivity contribution in [1.82, 2.24) is 0 Å². The van der Waals surface area contributed by atoms with Crippen LogP contribution in [0, 0.1) is 5.41 Å². The predicted octanol–water partition coefficient (Wildman–Crippen LogP) is 0.333. The van der Waals surface area contributed by atoms with Gasteiger partial charge in [0.2, 0.25) is 0 Å². The monoisotopic (exact) mass is 248 g/mol. The van der Waals surface area contributed by atoms with E-state index in [-0.39, 0.29) is 18.0 Å². The first-order valence-corrected chi connectivity index (χ1v) is 6.87. The average Bonchev–Trinajstić information content (AvgIpc) is 2.80. The summed E-state index contributed by atoms with van der Waals surface area (Å²) in [4.78, 5) is 21.9. The molecule has 0 aromatic carbocycles. The van der Waals surface area contributed by atoms with Crippen LogP contribution in [-0.2, 0) is 24.2 Å². The van der Waals surface area contributed by atoms with Crippen molar-refractivity contribution in [3.63, 3.8) is 0 Å². The average molecular weight is 248 g/mol. The molecule has 0 aromatic heterocycles. The van der Waals surface area contributed by atoms with Crippen LogP contribution < -0.4 is 0 Å². The highest BCUT2D eigenvalue weighted by atomic mass is 32.2. The Morgan fingerprint density at radius 2 is 1.88 bits per heavy atom. The molecule has 16 heavy (non-hydrogen) atoms. The van der Waals surface area contributed by atoms with Crippen LogP contribution in [0.5, 0.6) is 0 Å². The van der Waals surface area contributed by atoms with Gasteiger partial charge in [0.05, 0.1) is 19.3 Å². The topological polar surface area (TPSA) is 77.5 Å². The summed E-state index contributed by atoms with van der Waals surface area (Å²) in [5.41, 5.74) is -0.471. The normalized spacial score (nSPS) is 17.9. The molecule has 0 saturated heterocycles. The molecule has 0 radical (unpaired) electrons. The number of hydrogen-bond donors (Lipinski definition) is 0. The van der Waals surface area contributed by atoms with Crippen LogP contribution in [0.25, 0.3) is 0 Å². The molecule has 1 aliphatic carbocycles. The van der Waals surface area contributed by atoms with E-state index in [9.17, 15) is 18.0 Å². The minimum absolute atomic E-state index is 0.0886. The van der Waals surface area contributed by atoms with Gasteiger partial charge in [-0.1, -0.05) is 0 Å². The van der Waals surface area contributed by atoms with Crippen molar-refractivity contribution in [2.45, 2.75) is 26.2 Å². The second-order valence-electron chi connectivity index (χ2n) is 4.49. The van der Waals surface area contributed by atoms with Crippen LogP contribution in [0.2, 0.25) is 0 Å². The minimum Gasteiger partial charge on any atom is -0.469 e. The molecular formula is C10H16O5S. The lowest BCUT2D eigenvalue weighted by Crippen LogP contribution is -2.25. The third-order valence-electron chi connectivity index (χ3n) is 2.65. The Morgan fingerprint density at radius 1 is 1.31 bits per heavy atom. The van der Waals surface area contributed by atoms with Gasteiger partial charge in [0.25, 0.3) is 0 Å². The molecular weight excluding hydrogens is 232 g/mol. The lowest BCUT2D eigenvalue weighted by Gasteiger charge is -2.12. The van der Waals surface area contributed by atoms with Gasteiger partial charge in [0, 0.05) is 0 Å². The molecule has 0 amide bonds. The molecule has 5 nitrogen and oxygen atoms in total. The van der Waals surface area contributed by atoms with Crippen LogP contribution in [-0.4, -0.2) is 38.8 Å². The van der Waals surface area contributed by atoms with E-state index < -0.39 is 27.0 Å². The van der Waals surface area contributed by atoms with Gasteiger partial charge in [-0.2, -0.15) is 0 Å². The van der Waals surface area contributed by atoms with Gasteiger partial charge >= 0.3 is 5.97 Å². The third-order valence-corrected chi connectivity index (χ3v) is 4.55. The minimum atomic E-state index is -3.39. The van der Waals surface area contributed by atoms with Gasteiger partial charge in [-0.05, 0) is 25.2 Å². The van der Waals surface area contributed by atoms with E-state index >= 15 is 0 Å². The van der Waals surface area contributed by atoms with Gasteiger partial charge in [-0.15, -0.1) is 0 Å². The molecule has 0 N–H and O–H groups in total. The molecule has 0 aliphatic heterocycles. The van der Waals surface area contributed by atoms with E-state index in [0.29, 0.717) is 12.8 Å². The Labute approximate surface area is 95.1 Å². The predicted molar refractivity (Wildman–Crippen MR) is 57.6 cm³/mol. The molecule has 92 valence electrons. The summed E-state index contributed by atoms with van der Waals surface area (Å²) in [6, 6.07) is 0. The number of carbonyl (C=O) groups is 2. The number of rotatable bonds is 6. The highest BCUT2D eigenvalue weighted by molar-refractivity contribution is 7.92. The molecule has 0 atom stereocenters. The first-order valence-electron chi connectivity index (χ1n) is 5.05. The Morgan fingerprint density at radius 3 is 2.25 bits per heavy atom. The van der Waals surface area contributed by atoms with Crippen molar-refractivity contribution < 1.29 is 22.7 Å². The fourth-order valence-electron chi connectivity index (χ4n) is 1.75. The maximum Gasteiger partial charge on any atom is 0.306 e. The van der Waals surface area contributed by atoms with E-state index in [1.54, 1.807) is 0 Å². The maximum atomic E-state index is 11.6. The van der Waals surface area contributed by atoms with E-state index in [2.05, 4.69) is 4.74 Å². The molecule has 1 fully saturated rings. The molecule has 0 aromatic rings. The van der Waals surface area contributed by atoms with Crippen LogP contribution in [0.3, 0.4) is 0 Å². The molecule has 1 aliphatic rings. The Balaban J connectivity index is 2.60. The summed E-state index contributed by atoms with van der Waals surface area (Å²) >= 11 is 0. The lowest BCUT2D eigenvalue weighted by molar-refractivity contribution is -0.141. The number of ether oxygens (including phenoxy) is 1. The number of carbonyl (C=O) groups excluding carboxylic acids is 2. The summed E-state index contributed by atoms with van der Waals surface area (Å²) in [5.74, 6) is -1.28. The Kier molecular flexibility index (Phi) is 3.72. The molecule has 0 bridgehead atoms. The van der Waals surface area contributed by atoms with Gasteiger partial charge in [-0.3, -0.25) is 9.59 Å². The smallest absolute Gasteiger partial charge is 0.306 e. The van der Waals surface area contributed by atoms with Gasteiger partial charge in [0.1, 0.15) is 11.5 Å². The van der Waals surface area contributed by atoms with Crippen LogP contribution >= 0.6 is 0 Å². The molecule has 0 unspecified atom stereocenters. The number of Topliss-reactive ketones (excluding diaryl/α,β-unsaturated/α-hetero) is 1. The summed E-state index contributed by atoms with van der Waals surface area (Å²) < 4.78 is 27.7. The first-order chi connectivity index (χ1) is 7.29. The molecule has 1 rings (SSSR count). The van der Waals surface area contributed by atoms with Crippen LogP contribution in [0.4, 0.5) is 0 Å². The van der Waals surface area contributed by atoms with Crippen molar-refractivity contribution in [2.75, 3.05) is 18.6 Å². The summed E-state index contributed by atoms with van der Waals surface area (Å²) in [6.07, 6.45) is 1.54. The van der Waals surface area contributed by atoms with Crippen molar-refractivity contribution in [2.24, 2.45) is 5.41 Å². The zero-order valence-electron chi connectivity index (χ0n) is 9.49. The van der Waals surface area contributed by atoms with Crippen molar-refractivity contribution >= 4 is 21.6 Å². The fourth-order valence-corrected chi connectivity index (χ4v) is 3.80. The molecule has 0 spiro atoms. The molecule has 1 saturated carbocycles. The van der Waals surface area contributed by atoms with Crippen molar-refractivity contribution in [3.05, 3.63) is 0 Å². The van der Waals surface area contributed by atoms with Crippen molar-refractivity contribution in [1.29, 1.82) is 0 Å². The number of ketones is 1. The molecule has 0 heterocycles. The Hall–Kier alpha value is -0.910. The van der Waals surface area contributed by atoms with E-state index in [1.807, 2.05) is 0 Å². The number of esters is 1.